The van der Waals surface area contributed by atoms with E-state index < -0.39 is 30.0 Å². The maximum atomic E-state index is 12.4. The molecule has 8 aromatic rings. The smallest absolute Gasteiger partial charge is 0.295 e. The standard InChI is InChI=1S/C46H37N7O9S2/c1-26-21-40(27(2)20-39(26)50-49-38-19-12-28-22-30(15-18-33(28)46(38)54)47-29-13-16-32(61-3)17-14-29)51-53-45-36-9-6-5-8-34(36)41(25-42(45)62-4)52-48-31-23-37-35(44(24-31)64(58,59)60)10-7-11-43(37)63(55,56)57/h5-25,47,54H,1-4H3,(H,55,56,57)(H,58,59,60). The molecule has 322 valence electrons. The molecule has 18 heteroatoms. The molecular weight excluding hydrogens is 859 g/mol. The van der Waals surface area contributed by atoms with Gasteiger partial charge < -0.3 is 19.9 Å². The van der Waals surface area contributed by atoms with Crippen LogP contribution in [0.25, 0.3) is 32.3 Å². The van der Waals surface area contributed by atoms with Gasteiger partial charge in [0.05, 0.1) is 37.0 Å². The van der Waals surface area contributed by atoms with Gasteiger partial charge in [0.25, 0.3) is 20.2 Å². The van der Waals surface area contributed by atoms with Crippen LogP contribution in [0.1, 0.15) is 11.1 Å². The van der Waals surface area contributed by atoms with E-state index in [9.17, 15) is 31.0 Å². The fourth-order valence-corrected chi connectivity index (χ4v) is 8.51. The van der Waals surface area contributed by atoms with Gasteiger partial charge in [-0.05, 0) is 109 Å². The molecule has 0 aliphatic heterocycles. The van der Waals surface area contributed by atoms with Gasteiger partial charge in [-0.25, -0.2) is 0 Å². The summed E-state index contributed by atoms with van der Waals surface area (Å²) in [6.45, 7) is 3.72. The summed E-state index contributed by atoms with van der Waals surface area (Å²) in [5.41, 5.74) is 5.19. The normalized spacial score (nSPS) is 12.3. The molecule has 0 heterocycles. The van der Waals surface area contributed by atoms with Crippen LogP contribution in [0.2, 0.25) is 0 Å². The number of anilines is 2. The van der Waals surface area contributed by atoms with Crippen molar-refractivity contribution in [3.05, 3.63) is 139 Å². The van der Waals surface area contributed by atoms with Crippen molar-refractivity contribution in [2.45, 2.75) is 23.6 Å². The maximum absolute atomic E-state index is 12.4. The van der Waals surface area contributed by atoms with E-state index in [0.29, 0.717) is 38.9 Å². The zero-order chi connectivity index (χ0) is 45.3. The minimum atomic E-state index is -4.86. The summed E-state index contributed by atoms with van der Waals surface area (Å²) in [5.74, 6) is 1.04. The lowest BCUT2D eigenvalue weighted by molar-refractivity contribution is 0.415. The summed E-state index contributed by atoms with van der Waals surface area (Å²) in [6.07, 6.45) is 0. The molecule has 0 saturated heterocycles. The minimum absolute atomic E-state index is 0.0000495. The number of hydrogen-bond acceptors (Lipinski definition) is 14. The SMILES string of the molecule is COc1ccc(Nc2ccc3c(O)c(N=Nc4cc(C)c(N=Nc5c(OC)cc(N=Nc6cc(S(=O)(=O)O)c7cccc(S(=O)(=O)O)c7c6)c6ccccc56)cc4C)ccc3c2)cc1. The zero-order valence-corrected chi connectivity index (χ0v) is 36.0. The summed E-state index contributed by atoms with van der Waals surface area (Å²) >= 11 is 0. The molecule has 0 amide bonds. The molecule has 0 radical (unpaired) electrons. The number of fused-ring (bicyclic) bond motifs is 3. The number of benzene rings is 8. The molecule has 16 nitrogen and oxygen atoms in total. The Morgan fingerprint density at radius 2 is 1.12 bits per heavy atom. The first-order chi connectivity index (χ1) is 30.6. The maximum Gasteiger partial charge on any atom is 0.295 e. The number of aromatic hydroxyl groups is 1. The number of hydrogen-bond donors (Lipinski definition) is 4. The monoisotopic (exact) mass is 895 g/mol. The van der Waals surface area contributed by atoms with Crippen molar-refractivity contribution in [3.8, 4) is 17.2 Å². The number of methoxy groups -OCH3 is 2. The molecule has 0 aliphatic carbocycles. The van der Waals surface area contributed by atoms with E-state index >= 15 is 0 Å². The Kier molecular flexibility index (Phi) is 11.6. The van der Waals surface area contributed by atoms with E-state index in [1.54, 1.807) is 43.5 Å². The highest BCUT2D eigenvalue weighted by Crippen LogP contribution is 2.44. The van der Waals surface area contributed by atoms with Crippen LogP contribution in [0, 0.1) is 13.8 Å². The Bertz CT molecular complexity index is 3490. The van der Waals surface area contributed by atoms with Crippen LogP contribution < -0.4 is 14.8 Å². The number of aryl methyl sites for hydroxylation is 2. The number of nitrogens with zero attached hydrogens (tertiary/aromatic N) is 6. The van der Waals surface area contributed by atoms with Crippen molar-refractivity contribution < 1.29 is 40.5 Å². The molecule has 0 aromatic heterocycles. The first-order valence-corrected chi connectivity index (χ1v) is 22.1. The molecule has 0 aliphatic rings. The van der Waals surface area contributed by atoms with Gasteiger partial charge in [-0.2, -0.15) is 32.2 Å². The Morgan fingerprint density at radius 1 is 0.500 bits per heavy atom. The first kappa shape index (κ1) is 43.0. The minimum Gasteiger partial charge on any atom is -0.505 e. The molecule has 64 heavy (non-hydrogen) atoms. The number of nitrogens with one attached hydrogen (secondary N) is 1. The van der Waals surface area contributed by atoms with Gasteiger partial charge in [0.1, 0.15) is 32.7 Å². The van der Waals surface area contributed by atoms with Crippen molar-refractivity contribution in [1.82, 2.24) is 0 Å². The lowest BCUT2D eigenvalue weighted by atomic mass is 10.1. The molecule has 0 spiro atoms. The van der Waals surface area contributed by atoms with E-state index in [4.69, 9.17) is 9.47 Å². The molecule has 8 aromatic carbocycles. The van der Waals surface area contributed by atoms with Gasteiger partial charge in [0, 0.05) is 44.4 Å². The number of azo groups is 3. The molecule has 8 rings (SSSR count). The topological polar surface area (TPSA) is 234 Å². The summed E-state index contributed by atoms with van der Waals surface area (Å²) < 4.78 is 79.8. The van der Waals surface area contributed by atoms with Gasteiger partial charge in [0.15, 0.2) is 5.75 Å². The van der Waals surface area contributed by atoms with E-state index in [0.717, 1.165) is 45.8 Å². The summed E-state index contributed by atoms with van der Waals surface area (Å²) in [6, 6.07) is 35.0. The van der Waals surface area contributed by atoms with Crippen LogP contribution in [0.3, 0.4) is 0 Å². The predicted octanol–water partition coefficient (Wildman–Crippen LogP) is 13.0. The fraction of sp³-hybridized carbons (Fsp3) is 0.0870. The third-order valence-electron chi connectivity index (χ3n) is 10.3. The highest BCUT2D eigenvalue weighted by atomic mass is 32.2. The van der Waals surface area contributed by atoms with Crippen molar-refractivity contribution in [2.75, 3.05) is 19.5 Å². The molecule has 0 atom stereocenters. The second-order valence-corrected chi connectivity index (χ2v) is 17.3. The van der Waals surface area contributed by atoms with Crippen LogP contribution >= 0.6 is 0 Å². The molecule has 0 saturated carbocycles. The Balaban J connectivity index is 1.06. The Hall–Kier alpha value is -7.64. The molecule has 0 fully saturated rings. The Labute approximate surface area is 366 Å². The van der Waals surface area contributed by atoms with Gasteiger partial charge in [-0.3, -0.25) is 9.11 Å². The van der Waals surface area contributed by atoms with Crippen molar-refractivity contribution in [3.63, 3.8) is 0 Å². The second kappa shape index (κ2) is 17.3. The van der Waals surface area contributed by atoms with E-state index in [-0.39, 0.29) is 33.6 Å². The van der Waals surface area contributed by atoms with Crippen molar-refractivity contribution in [1.29, 1.82) is 0 Å². The highest BCUT2D eigenvalue weighted by Gasteiger charge is 2.22. The van der Waals surface area contributed by atoms with E-state index in [1.165, 1.54) is 25.3 Å². The largest absolute Gasteiger partial charge is 0.505 e. The summed E-state index contributed by atoms with van der Waals surface area (Å²) in [5, 5.41) is 43.4. The number of phenols is 1. The molecule has 0 bridgehead atoms. The van der Waals surface area contributed by atoms with E-state index in [1.807, 2.05) is 74.5 Å². The van der Waals surface area contributed by atoms with Crippen LogP contribution in [0.15, 0.2) is 168 Å². The molecule has 0 unspecified atom stereocenters. The summed E-state index contributed by atoms with van der Waals surface area (Å²) in [4.78, 5) is -1.20. The van der Waals surface area contributed by atoms with Gasteiger partial charge in [-0.1, -0.05) is 42.5 Å². The lowest BCUT2D eigenvalue weighted by Gasteiger charge is -2.11. The van der Waals surface area contributed by atoms with Gasteiger partial charge >= 0.3 is 0 Å². The van der Waals surface area contributed by atoms with Crippen LogP contribution in [-0.4, -0.2) is 45.3 Å². The highest BCUT2D eigenvalue weighted by molar-refractivity contribution is 7.86. The number of phenolic OH excluding ortho intramolecular Hbond substituents is 1. The van der Waals surface area contributed by atoms with Crippen molar-refractivity contribution in [2.24, 2.45) is 30.7 Å². The third kappa shape index (κ3) is 8.83. The quantitative estimate of drug-likeness (QED) is 0.0669. The van der Waals surface area contributed by atoms with E-state index in [2.05, 4.69) is 36.0 Å². The number of ether oxygens (including phenoxy) is 2. The fourth-order valence-electron chi connectivity index (χ4n) is 7.09. The zero-order valence-electron chi connectivity index (χ0n) is 34.4. The number of rotatable bonds is 12. The third-order valence-corrected chi connectivity index (χ3v) is 12.1. The predicted molar refractivity (Wildman–Crippen MR) is 244 cm³/mol. The van der Waals surface area contributed by atoms with Crippen LogP contribution in [-0.2, 0) is 20.2 Å². The first-order valence-electron chi connectivity index (χ1n) is 19.3. The Morgan fingerprint density at radius 3 is 1.80 bits per heavy atom. The van der Waals surface area contributed by atoms with Gasteiger partial charge in [0.2, 0.25) is 0 Å². The second-order valence-electron chi connectivity index (χ2n) is 14.5. The average molecular weight is 896 g/mol. The average Bonchev–Trinajstić information content (AvgIpc) is 3.27. The lowest BCUT2D eigenvalue weighted by Crippen LogP contribution is -2.03. The van der Waals surface area contributed by atoms with Crippen LogP contribution in [0.4, 0.5) is 45.5 Å². The molecular formula is C46H37N7O9S2. The molecule has 4 N–H and O–H groups in total. The summed E-state index contributed by atoms with van der Waals surface area (Å²) in [7, 11) is -6.58. The van der Waals surface area contributed by atoms with Crippen LogP contribution in [0.5, 0.6) is 17.2 Å². The van der Waals surface area contributed by atoms with Gasteiger partial charge in [-0.15, -0.1) is 15.3 Å². The van der Waals surface area contributed by atoms with Crippen molar-refractivity contribution >= 4 is 98.1 Å².